The third-order valence-electron chi connectivity index (χ3n) is 3.77. The molecule has 0 saturated carbocycles. The van der Waals surface area contributed by atoms with Gasteiger partial charge in [0.15, 0.2) is 5.82 Å². The van der Waals surface area contributed by atoms with Crippen LogP contribution in [0.1, 0.15) is 17.8 Å². The highest BCUT2D eigenvalue weighted by molar-refractivity contribution is 5.36. The van der Waals surface area contributed by atoms with Crippen molar-refractivity contribution < 1.29 is 13.2 Å². The summed E-state index contributed by atoms with van der Waals surface area (Å²) in [4.78, 5) is 2.02. The molecule has 0 aliphatic carbocycles. The Morgan fingerprint density at radius 3 is 2.87 bits per heavy atom. The van der Waals surface area contributed by atoms with Gasteiger partial charge in [-0.15, -0.1) is 5.10 Å². The molecule has 0 amide bonds. The lowest BCUT2D eigenvalue weighted by atomic mass is 10.1. The Morgan fingerprint density at radius 1 is 1.35 bits per heavy atom. The van der Waals surface area contributed by atoms with Crippen LogP contribution in [-0.2, 0) is 12.7 Å². The number of benzene rings is 1. The van der Waals surface area contributed by atoms with Crippen molar-refractivity contribution in [2.24, 2.45) is 5.92 Å². The highest BCUT2D eigenvalue weighted by atomic mass is 19.4. The van der Waals surface area contributed by atoms with Crippen LogP contribution in [0.5, 0.6) is 0 Å². The van der Waals surface area contributed by atoms with E-state index in [0.29, 0.717) is 18.9 Å². The fourth-order valence-corrected chi connectivity index (χ4v) is 2.60. The lowest BCUT2D eigenvalue weighted by Crippen LogP contribution is -2.22. The minimum atomic E-state index is -4.42. The van der Waals surface area contributed by atoms with Gasteiger partial charge in [-0.05, 0) is 41.6 Å². The van der Waals surface area contributed by atoms with E-state index in [0.717, 1.165) is 25.1 Å². The molecule has 2 aromatic rings. The van der Waals surface area contributed by atoms with E-state index in [4.69, 9.17) is 5.26 Å². The number of aromatic nitrogens is 4. The largest absolute Gasteiger partial charge is 0.416 e. The summed E-state index contributed by atoms with van der Waals surface area (Å²) in [5.74, 6) is 0.427. The van der Waals surface area contributed by atoms with Crippen LogP contribution in [0.3, 0.4) is 0 Å². The zero-order chi connectivity index (χ0) is 16.4. The van der Waals surface area contributed by atoms with Crippen LogP contribution in [0.25, 0.3) is 5.69 Å². The van der Waals surface area contributed by atoms with Gasteiger partial charge in [-0.3, -0.25) is 4.90 Å². The minimum absolute atomic E-state index is 0.0205. The van der Waals surface area contributed by atoms with E-state index in [2.05, 4.69) is 21.6 Å². The number of rotatable bonds is 3. The molecule has 2 heterocycles. The number of hydrogen-bond acceptors (Lipinski definition) is 5. The second kappa shape index (κ2) is 5.96. The number of tetrazole rings is 1. The number of alkyl halides is 3. The van der Waals surface area contributed by atoms with Crippen molar-refractivity contribution >= 4 is 0 Å². The van der Waals surface area contributed by atoms with Gasteiger partial charge >= 0.3 is 6.18 Å². The highest BCUT2D eigenvalue weighted by Crippen LogP contribution is 2.30. The third kappa shape index (κ3) is 3.32. The molecule has 9 heteroatoms. The van der Waals surface area contributed by atoms with Gasteiger partial charge in [-0.2, -0.15) is 23.1 Å². The summed E-state index contributed by atoms with van der Waals surface area (Å²) in [7, 11) is 0. The van der Waals surface area contributed by atoms with Crippen LogP contribution in [0, 0.1) is 17.2 Å². The molecule has 1 aliphatic heterocycles. The maximum atomic E-state index is 12.8. The van der Waals surface area contributed by atoms with Crippen LogP contribution in [0.15, 0.2) is 24.3 Å². The molecule has 3 rings (SSSR count). The maximum Gasteiger partial charge on any atom is 0.416 e. The molecular weight excluding hydrogens is 309 g/mol. The number of nitrogens with zero attached hydrogens (tertiary/aromatic N) is 6. The molecule has 0 bridgehead atoms. The second-order valence-electron chi connectivity index (χ2n) is 5.40. The summed E-state index contributed by atoms with van der Waals surface area (Å²) in [6, 6.07) is 7.09. The Morgan fingerprint density at radius 2 is 2.17 bits per heavy atom. The van der Waals surface area contributed by atoms with Crippen LogP contribution in [0.2, 0.25) is 0 Å². The van der Waals surface area contributed by atoms with Gasteiger partial charge in [0.1, 0.15) is 0 Å². The van der Waals surface area contributed by atoms with E-state index in [1.165, 1.54) is 16.8 Å². The van der Waals surface area contributed by atoms with Crippen molar-refractivity contribution in [1.29, 1.82) is 5.26 Å². The molecule has 1 aliphatic rings. The molecule has 120 valence electrons. The lowest BCUT2D eigenvalue weighted by Gasteiger charge is -2.14. The van der Waals surface area contributed by atoms with Gasteiger partial charge in [0.2, 0.25) is 0 Å². The molecule has 0 N–H and O–H groups in total. The van der Waals surface area contributed by atoms with E-state index < -0.39 is 11.7 Å². The third-order valence-corrected chi connectivity index (χ3v) is 3.77. The summed E-state index contributed by atoms with van der Waals surface area (Å²) in [5.41, 5.74) is -0.488. The van der Waals surface area contributed by atoms with Crippen molar-refractivity contribution in [3.05, 3.63) is 35.7 Å². The zero-order valence-corrected chi connectivity index (χ0v) is 12.0. The molecule has 23 heavy (non-hydrogen) atoms. The SMILES string of the molecule is N#CC1CCN(Cc2nnnn2-c2cccc(C(F)(F)F)c2)C1. The maximum absolute atomic E-state index is 12.8. The molecule has 1 saturated heterocycles. The fraction of sp³-hybridized carbons (Fsp3) is 0.429. The molecule has 1 aromatic carbocycles. The molecule has 1 fully saturated rings. The average molecular weight is 322 g/mol. The Bertz CT molecular complexity index is 733. The van der Waals surface area contributed by atoms with Gasteiger partial charge in [0, 0.05) is 6.54 Å². The predicted molar refractivity (Wildman–Crippen MR) is 73.2 cm³/mol. The predicted octanol–water partition coefficient (Wildman–Crippen LogP) is 2.03. The first kappa shape index (κ1) is 15.4. The minimum Gasteiger partial charge on any atom is -0.295 e. The first-order valence-corrected chi connectivity index (χ1v) is 7.04. The molecule has 6 nitrogen and oxygen atoms in total. The first-order valence-electron chi connectivity index (χ1n) is 7.04. The summed E-state index contributed by atoms with van der Waals surface area (Å²) >= 11 is 0. The summed E-state index contributed by atoms with van der Waals surface area (Å²) < 4.78 is 39.8. The highest BCUT2D eigenvalue weighted by Gasteiger charge is 2.31. The van der Waals surface area contributed by atoms with E-state index >= 15 is 0 Å². The van der Waals surface area contributed by atoms with Crippen molar-refractivity contribution in [2.75, 3.05) is 13.1 Å². The number of hydrogen-bond donors (Lipinski definition) is 0. The molecule has 0 radical (unpaired) electrons. The molecule has 0 spiro atoms. The Hall–Kier alpha value is -2.47. The summed E-state index contributed by atoms with van der Waals surface area (Å²) in [5, 5.41) is 20.2. The topological polar surface area (TPSA) is 70.6 Å². The Balaban J connectivity index is 1.83. The number of halogens is 3. The van der Waals surface area contributed by atoms with E-state index in [-0.39, 0.29) is 11.6 Å². The van der Waals surface area contributed by atoms with Crippen LogP contribution in [-0.4, -0.2) is 38.2 Å². The molecule has 1 aromatic heterocycles. The molecule has 1 unspecified atom stereocenters. The zero-order valence-electron chi connectivity index (χ0n) is 12.0. The van der Waals surface area contributed by atoms with Crippen molar-refractivity contribution in [2.45, 2.75) is 19.1 Å². The lowest BCUT2D eigenvalue weighted by molar-refractivity contribution is -0.137. The van der Waals surface area contributed by atoms with Gasteiger partial charge in [-0.25, -0.2) is 0 Å². The standard InChI is InChI=1S/C14H13F3N6/c15-14(16,17)11-2-1-3-12(6-11)23-13(19-20-21-23)9-22-5-4-10(7-18)8-22/h1-3,6,10H,4-5,8-9H2. The van der Waals surface area contributed by atoms with Crippen LogP contribution in [0.4, 0.5) is 13.2 Å². The van der Waals surface area contributed by atoms with Crippen LogP contribution < -0.4 is 0 Å². The number of nitriles is 1. The number of likely N-dealkylation sites (tertiary alicyclic amines) is 1. The fourth-order valence-electron chi connectivity index (χ4n) is 2.60. The summed E-state index contributed by atoms with van der Waals surface area (Å²) in [6.07, 6.45) is -3.64. The monoisotopic (exact) mass is 322 g/mol. The molecule has 1 atom stereocenters. The second-order valence-corrected chi connectivity index (χ2v) is 5.40. The quantitative estimate of drug-likeness (QED) is 0.865. The normalized spacial score (nSPS) is 19.0. The van der Waals surface area contributed by atoms with Gasteiger partial charge in [-0.1, -0.05) is 6.07 Å². The van der Waals surface area contributed by atoms with E-state index in [1.807, 2.05) is 4.90 Å². The van der Waals surface area contributed by atoms with Crippen molar-refractivity contribution in [3.8, 4) is 11.8 Å². The van der Waals surface area contributed by atoms with Crippen molar-refractivity contribution in [1.82, 2.24) is 25.1 Å². The Kier molecular flexibility index (Phi) is 4.00. The van der Waals surface area contributed by atoms with Crippen LogP contribution >= 0.6 is 0 Å². The van der Waals surface area contributed by atoms with E-state index in [1.54, 1.807) is 0 Å². The van der Waals surface area contributed by atoms with Gasteiger partial charge in [0.25, 0.3) is 0 Å². The summed E-state index contributed by atoms with van der Waals surface area (Å²) in [6.45, 7) is 1.75. The van der Waals surface area contributed by atoms with Crippen molar-refractivity contribution in [3.63, 3.8) is 0 Å². The molecular formula is C14H13F3N6. The smallest absolute Gasteiger partial charge is 0.295 e. The average Bonchev–Trinajstić information content (AvgIpc) is 3.16. The van der Waals surface area contributed by atoms with Gasteiger partial charge in [0.05, 0.1) is 29.8 Å². The first-order chi connectivity index (χ1) is 11.0. The Labute approximate surface area is 130 Å². The van der Waals surface area contributed by atoms with E-state index in [9.17, 15) is 13.2 Å². The van der Waals surface area contributed by atoms with Gasteiger partial charge < -0.3 is 0 Å².